The summed E-state index contributed by atoms with van der Waals surface area (Å²) in [6, 6.07) is 2.91. The molecule has 94 valence electrons. The Kier molecular flexibility index (Phi) is 4.39. The van der Waals surface area contributed by atoms with Crippen molar-refractivity contribution < 1.29 is 23.1 Å². The molecule has 1 amide bonds. The summed E-state index contributed by atoms with van der Waals surface area (Å²) in [5.41, 5.74) is 3.40. The molecule has 1 aromatic carbocycles. The molecule has 4 nitrogen and oxygen atoms in total. The van der Waals surface area contributed by atoms with Crippen molar-refractivity contribution in [3.05, 3.63) is 28.8 Å². The van der Waals surface area contributed by atoms with Gasteiger partial charge in [0.25, 0.3) is 5.91 Å². The molecule has 0 aromatic heterocycles. The lowest BCUT2D eigenvalue weighted by Gasteiger charge is -2.12. The third-order valence-corrected chi connectivity index (χ3v) is 2.12. The maximum Gasteiger partial charge on any atom is 0.387 e. The highest BCUT2D eigenvalue weighted by atomic mass is 19.3. The van der Waals surface area contributed by atoms with Gasteiger partial charge in [0.15, 0.2) is 0 Å². The molecule has 17 heavy (non-hydrogen) atoms. The number of benzene rings is 1. The number of carbonyl (C=O) groups excluding carboxylic acids is 1. The van der Waals surface area contributed by atoms with E-state index in [0.29, 0.717) is 16.7 Å². The summed E-state index contributed by atoms with van der Waals surface area (Å²) in [5, 5.41) is 0. The zero-order valence-electron chi connectivity index (χ0n) is 9.71. The van der Waals surface area contributed by atoms with Gasteiger partial charge in [-0.2, -0.15) is 8.78 Å². The lowest BCUT2D eigenvalue weighted by atomic mass is 10.1. The van der Waals surface area contributed by atoms with Crippen molar-refractivity contribution in [2.75, 3.05) is 7.11 Å². The Bertz CT molecular complexity index is 398. The second kappa shape index (κ2) is 5.58. The van der Waals surface area contributed by atoms with Crippen molar-refractivity contribution in [1.82, 2.24) is 5.48 Å². The first-order chi connectivity index (χ1) is 7.95. The average Bonchev–Trinajstić information content (AvgIpc) is 2.23. The fourth-order valence-corrected chi connectivity index (χ4v) is 1.51. The molecular formula is C11H13F2NO3. The van der Waals surface area contributed by atoms with Gasteiger partial charge in [-0.3, -0.25) is 9.63 Å². The van der Waals surface area contributed by atoms with Crippen LogP contribution < -0.4 is 10.2 Å². The number of hydroxylamine groups is 1. The highest BCUT2D eigenvalue weighted by Gasteiger charge is 2.14. The highest BCUT2D eigenvalue weighted by molar-refractivity contribution is 5.94. The number of amides is 1. The van der Waals surface area contributed by atoms with Crippen molar-refractivity contribution in [2.45, 2.75) is 20.5 Å². The second-order valence-corrected chi connectivity index (χ2v) is 3.45. The summed E-state index contributed by atoms with van der Waals surface area (Å²) in [6.07, 6.45) is 0. The Morgan fingerprint density at radius 1 is 1.29 bits per heavy atom. The van der Waals surface area contributed by atoms with E-state index >= 15 is 0 Å². The Hall–Kier alpha value is -1.69. The van der Waals surface area contributed by atoms with Crippen LogP contribution in [0.25, 0.3) is 0 Å². The van der Waals surface area contributed by atoms with E-state index in [1.807, 2.05) is 0 Å². The quantitative estimate of drug-likeness (QED) is 0.827. The van der Waals surface area contributed by atoms with Crippen LogP contribution in [0.15, 0.2) is 12.1 Å². The maximum atomic E-state index is 12.1. The summed E-state index contributed by atoms with van der Waals surface area (Å²) in [6.45, 7) is 0.300. The van der Waals surface area contributed by atoms with Crippen LogP contribution in [0, 0.1) is 13.8 Å². The number of ether oxygens (including phenoxy) is 1. The number of alkyl halides is 2. The van der Waals surface area contributed by atoms with Crippen LogP contribution in [0.5, 0.6) is 5.75 Å². The van der Waals surface area contributed by atoms with Gasteiger partial charge >= 0.3 is 6.61 Å². The van der Waals surface area contributed by atoms with E-state index in [0.717, 1.165) is 0 Å². The number of hydrogen-bond donors (Lipinski definition) is 1. The predicted molar refractivity (Wildman–Crippen MR) is 57.0 cm³/mol. The van der Waals surface area contributed by atoms with Gasteiger partial charge in [0, 0.05) is 5.56 Å². The Morgan fingerprint density at radius 2 is 1.82 bits per heavy atom. The molecule has 0 aliphatic carbocycles. The summed E-state index contributed by atoms with van der Waals surface area (Å²) >= 11 is 0. The lowest BCUT2D eigenvalue weighted by Crippen LogP contribution is -2.22. The van der Waals surface area contributed by atoms with Crippen molar-refractivity contribution in [3.63, 3.8) is 0 Å². The van der Waals surface area contributed by atoms with Crippen LogP contribution in [0.4, 0.5) is 8.78 Å². The van der Waals surface area contributed by atoms with Gasteiger partial charge in [0.1, 0.15) is 5.75 Å². The van der Waals surface area contributed by atoms with Gasteiger partial charge in [0.05, 0.1) is 7.11 Å². The minimum atomic E-state index is -2.88. The van der Waals surface area contributed by atoms with E-state index in [1.165, 1.54) is 19.2 Å². The molecule has 0 saturated heterocycles. The van der Waals surface area contributed by atoms with Crippen molar-refractivity contribution in [2.24, 2.45) is 0 Å². The van der Waals surface area contributed by atoms with Gasteiger partial charge in [0.2, 0.25) is 0 Å². The first-order valence-electron chi connectivity index (χ1n) is 4.85. The molecule has 0 bridgehead atoms. The van der Waals surface area contributed by atoms with Crippen LogP contribution in [0.1, 0.15) is 21.5 Å². The molecule has 1 rings (SSSR count). The molecule has 0 aliphatic rings. The Balaban J connectivity index is 3.04. The first-order valence-corrected chi connectivity index (χ1v) is 4.85. The van der Waals surface area contributed by atoms with Gasteiger partial charge in [-0.15, -0.1) is 0 Å². The van der Waals surface area contributed by atoms with E-state index < -0.39 is 12.5 Å². The summed E-state index contributed by atoms with van der Waals surface area (Å²) in [7, 11) is 1.31. The van der Waals surface area contributed by atoms with E-state index in [-0.39, 0.29) is 5.75 Å². The Labute approximate surface area is 97.5 Å². The van der Waals surface area contributed by atoms with Gasteiger partial charge in [-0.05, 0) is 37.1 Å². The number of carbonyl (C=O) groups is 1. The normalized spacial score (nSPS) is 10.5. The SMILES string of the molecule is CONC(=O)c1cc(C)c(OC(F)F)c(C)c1. The van der Waals surface area contributed by atoms with Crippen LogP contribution in [-0.4, -0.2) is 19.6 Å². The van der Waals surface area contributed by atoms with Crippen LogP contribution in [0.3, 0.4) is 0 Å². The maximum absolute atomic E-state index is 12.1. The zero-order chi connectivity index (χ0) is 13.0. The number of halogens is 2. The molecule has 0 unspecified atom stereocenters. The highest BCUT2D eigenvalue weighted by Crippen LogP contribution is 2.26. The molecule has 0 heterocycles. The Morgan fingerprint density at radius 3 is 2.24 bits per heavy atom. The first kappa shape index (κ1) is 13.4. The predicted octanol–water partition coefficient (Wildman–Crippen LogP) is 2.20. The summed E-state index contributed by atoms with van der Waals surface area (Å²) in [4.78, 5) is 15.9. The summed E-state index contributed by atoms with van der Waals surface area (Å²) < 4.78 is 28.7. The minimum absolute atomic E-state index is 0.0916. The topological polar surface area (TPSA) is 47.6 Å². The van der Waals surface area contributed by atoms with Crippen molar-refractivity contribution in [3.8, 4) is 5.75 Å². The number of nitrogens with one attached hydrogen (secondary N) is 1. The van der Waals surface area contributed by atoms with E-state index in [4.69, 9.17) is 0 Å². The monoisotopic (exact) mass is 245 g/mol. The van der Waals surface area contributed by atoms with Crippen LogP contribution >= 0.6 is 0 Å². The molecule has 0 aliphatic heterocycles. The smallest absolute Gasteiger partial charge is 0.387 e. The third kappa shape index (κ3) is 3.39. The van der Waals surface area contributed by atoms with E-state index in [9.17, 15) is 13.6 Å². The van der Waals surface area contributed by atoms with Crippen LogP contribution in [0.2, 0.25) is 0 Å². The zero-order valence-corrected chi connectivity index (χ0v) is 9.71. The number of rotatable bonds is 4. The average molecular weight is 245 g/mol. The molecule has 0 radical (unpaired) electrons. The molecule has 0 saturated carbocycles. The standard InChI is InChI=1S/C11H13F2NO3/c1-6-4-8(10(15)14-16-3)5-7(2)9(6)17-11(12)13/h4-5,11H,1-3H3,(H,14,15). The molecule has 1 aromatic rings. The molecule has 1 N–H and O–H groups in total. The van der Waals surface area contributed by atoms with Crippen molar-refractivity contribution >= 4 is 5.91 Å². The van der Waals surface area contributed by atoms with Crippen LogP contribution in [-0.2, 0) is 4.84 Å². The molecule has 0 atom stereocenters. The number of aryl methyl sites for hydroxylation is 2. The van der Waals surface area contributed by atoms with Gasteiger partial charge in [-0.25, -0.2) is 5.48 Å². The van der Waals surface area contributed by atoms with E-state index in [1.54, 1.807) is 13.8 Å². The molecular weight excluding hydrogens is 232 g/mol. The van der Waals surface area contributed by atoms with Crippen molar-refractivity contribution in [1.29, 1.82) is 0 Å². The lowest BCUT2D eigenvalue weighted by molar-refractivity contribution is -0.0507. The fraction of sp³-hybridized carbons (Fsp3) is 0.364. The second-order valence-electron chi connectivity index (χ2n) is 3.45. The largest absolute Gasteiger partial charge is 0.434 e. The molecule has 6 heteroatoms. The number of hydrogen-bond acceptors (Lipinski definition) is 3. The van der Waals surface area contributed by atoms with Gasteiger partial charge < -0.3 is 4.74 Å². The minimum Gasteiger partial charge on any atom is -0.434 e. The summed E-state index contributed by atoms with van der Waals surface area (Å²) in [5.74, 6) is -0.351. The third-order valence-electron chi connectivity index (χ3n) is 2.12. The molecule has 0 fully saturated rings. The van der Waals surface area contributed by atoms with E-state index in [2.05, 4.69) is 15.1 Å². The van der Waals surface area contributed by atoms with Gasteiger partial charge in [-0.1, -0.05) is 0 Å². The molecule has 0 spiro atoms. The fourth-order valence-electron chi connectivity index (χ4n) is 1.51.